The number of rotatable bonds is 3. The summed E-state index contributed by atoms with van der Waals surface area (Å²) in [5, 5.41) is 13.2. The third kappa shape index (κ3) is 3.06. The van der Waals surface area contributed by atoms with Crippen molar-refractivity contribution in [2.45, 2.75) is 38.2 Å². The number of nitrogens with one attached hydrogen (secondary N) is 1. The van der Waals surface area contributed by atoms with Gasteiger partial charge in [-0.25, -0.2) is 0 Å². The predicted octanol–water partition coefficient (Wildman–Crippen LogP) is 2.60. The SMILES string of the molecule is CC1CCCC(O)(CNC(=O)c2ccoc2Cl)C1. The molecule has 1 aromatic heterocycles. The van der Waals surface area contributed by atoms with Crippen molar-refractivity contribution in [1.82, 2.24) is 5.32 Å². The van der Waals surface area contributed by atoms with Crippen LogP contribution < -0.4 is 5.32 Å². The molecule has 0 aliphatic heterocycles. The zero-order valence-corrected chi connectivity index (χ0v) is 11.2. The highest BCUT2D eigenvalue weighted by atomic mass is 35.5. The Kier molecular flexibility index (Phi) is 3.97. The summed E-state index contributed by atoms with van der Waals surface area (Å²) in [4.78, 5) is 11.8. The molecule has 0 spiro atoms. The van der Waals surface area contributed by atoms with Crippen molar-refractivity contribution in [3.63, 3.8) is 0 Å². The molecule has 18 heavy (non-hydrogen) atoms. The maximum absolute atomic E-state index is 11.8. The van der Waals surface area contributed by atoms with Crippen LogP contribution in [0.4, 0.5) is 0 Å². The van der Waals surface area contributed by atoms with Gasteiger partial charge in [0.25, 0.3) is 5.91 Å². The first-order valence-corrected chi connectivity index (χ1v) is 6.61. The van der Waals surface area contributed by atoms with Gasteiger partial charge in [-0.1, -0.05) is 19.8 Å². The van der Waals surface area contributed by atoms with Crippen molar-refractivity contribution in [3.05, 3.63) is 23.1 Å². The van der Waals surface area contributed by atoms with Crippen LogP contribution >= 0.6 is 11.6 Å². The number of carbonyl (C=O) groups is 1. The van der Waals surface area contributed by atoms with Crippen LogP contribution in [0.5, 0.6) is 0 Å². The fraction of sp³-hybridized carbons (Fsp3) is 0.615. The largest absolute Gasteiger partial charge is 0.452 e. The lowest BCUT2D eigenvalue weighted by atomic mass is 9.79. The molecule has 5 heteroatoms. The predicted molar refractivity (Wildman–Crippen MR) is 68.6 cm³/mol. The summed E-state index contributed by atoms with van der Waals surface area (Å²) >= 11 is 5.72. The Hall–Kier alpha value is -1.00. The van der Waals surface area contributed by atoms with E-state index in [0.29, 0.717) is 11.5 Å². The van der Waals surface area contributed by atoms with E-state index in [1.54, 1.807) is 0 Å². The fourth-order valence-electron chi connectivity index (χ4n) is 2.59. The molecule has 4 nitrogen and oxygen atoms in total. The third-order valence-electron chi connectivity index (χ3n) is 3.51. The fourth-order valence-corrected chi connectivity index (χ4v) is 2.79. The van der Waals surface area contributed by atoms with Gasteiger partial charge in [-0.15, -0.1) is 0 Å². The van der Waals surface area contributed by atoms with Gasteiger partial charge in [0, 0.05) is 6.54 Å². The molecule has 1 aliphatic rings. The number of carbonyl (C=O) groups excluding carboxylic acids is 1. The van der Waals surface area contributed by atoms with E-state index >= 15 is 0 Å². The molecule has 0 bridgehead atoms. The molecule has 1 heterocycles. The Morgan fingerprint density at radius 1 is 1.72 bits per heavy atom. The van der Waals surface area contributed by atoms with E-state index in [9.17, 15) is 9.90 Å². The van der Waals surface area contributed by atoms with Gasteiger partial charge < -0.3 is 14.8 Å². The smallest absolute Gasteiger partial charge is 0.256 e. The van der Waals surface area contributed by atoms with Crippen LogP contribution in [0.3, 0.4) is 0 Å². The van der Waals surface area contributed by atoms with Crippen molar-refractivity contribution < 1.29 is 14.3 Å². The Labute approximate surface area is 111 Å². The molecule has 0 radical (unpaired) electrons. The molecule has 0 saturated heterocycles. The maximum Gasteiger partial charge on any atom is 0.256 e. The van der Waals surface area contributed by atoms with Gasteiger partial charge in [-0.05, 0) is 36.4 Å². The lowest BCUT2D eigenvalue weighted by molar-refractivity contribution is -0.0109. The molecule has 2 atom stereocenters. The lowest BCUT2D eigenvalue weighted by Gasteiger charge is -2.35. The topological polar surface area (TPSA) is 62.5 Å². The van der Waals surface area contributed by atoms with Gasteiger partial charge in [-0.3, -0.25) is 4.79 Å². The Balaban J connectivity index is 1.91. The van der Waals surface area contributed by atoms with Gasteiger partial charge in [0.05, 0.1) is 17.4 Å². The van der Waals surface area contributed by atoms with Crippen molar-refractivity contribution in [2.24, 2.45) is 5.92 Å². The molecule has 2 rings (SSSR count). The molecule has 2 unspecified atom stereocenters. The van der Waals surface area contributed by atoms with Gasteiger partial charge in [0.2, 0.25) is 5.22 Å². The molecule has 1 aromatic rings. The summed E-state index contributed by atoms with van der Waals surface area (Å²) < 4.78 is 4.86. The number of furan rings is 1. The van der Waals surface area contributed by atoms with Gasteiger partial charge >= 0.3 is 0 Å². The number of aliphatic hydroxyl groups is 1. The van der Waals surface area contributed by atoms with Crippen LogP contribution in [0.1, 0.15) is 43.0 Å². The maximum atomic E-state index is 11.8. The van der Waals surface area contributed by atoms with Gasteiger partial charge in [0.15, 0.2) is 0 Å². The second kappa shape index (κ2) is 5.33. The van der Waals surface area contributed by atoms with Crippen molar-refractivity contribution in [3.8, 4) is 0 Å². The summed E-state index contributed by atoms with van der Waals surface area (Å²) in [6.45, 7) is 2.39. The van der Waals surface area contributed by atoms with Crippen LogP contribution in [0, 0.1) is 5.92 Å². The van der Waals surface area contributed by atoms with Crippen LogP contribution in [0.25, 0.3) is 0 Å². The molecule has 100 valence electrons. The standard InChI is InChI=1S/C13H18ClNO3/c1-9-3-2-5-13(17,7-9)8-15-12(16)10-4-6-18-11(10)14/h4,6,9,17H,2-3,5,7-8H2,1H3,(H,15,16). The lowest BCUT2D eigenvalue weighted by Crippen LogP contribution is -2.45. The summed E-state index contributed by atoms with van der Waals surface area (Å²) in [6.07, 6.45) is 4.97. The van der Waals surface area contributed by atoms with Gasteiger partial charge in [0.1, 0.15) is 0 Å². The first-order chi connectivity index (χ1) is 8.50. The van der Waals surface area contributed by atoms with Crippen LogP contribution in [-0.4, -0.2) is 23.2 Å². The summed E-state index contributed by atoms with van der Waals surface area (Å²) in [5.41, 5.74) is -0.479. The van der Waals surface area contributed by atoms with E-state index in [1.165, 1.54) is 12.3 Å². The highest BCUT2D eigenvalue weighted by Gasteiger charge is 2.33. The van der Waals surface area contributed by atoms with Gasteiger partial charge in [-0.2, -0.15) is 0 Å². The second-order valence-corrected chi connectivity index (χ2v) is 5.56. The van der Waals surface area contributed by atoms with E-state index in [4.69, 9.17) is 16.0 Å². The minimum atomic E-state index is -0.788. The minimum Gasteiger partial charge on any atom is -0.452 e. The first-order valence-electron chi connectivity index (χ1n) is 6.24. The monoisotopic (exact) mass is 271 g/mol. The zero-order valence-electron chi connectivity index (χ0n) is 10.4. The van der Waals surface area contributed by atoms with E-state index in [2.05, 4.69) is 12.2 Å². The number of amides is 1. The van der Waals surface area contributed by atoms with Crippen LogP contribution in [-0.2, 0) is 0 Å². The van der Waals surface area contributed by atoms with E-state index < -0.39 is 5.60 Å². The highest BCUT2D eigenvalue weighted by Crippen LogP contribution is 2.31. The Morgan fingerprint density at radius 3 is 3.11 bits per heavy atom. The van der Waals surface area contributed by atoms with Crippen molar-refractivity contribution in [2.75, 3.05) is 6.54 Å². The molecule has 1 fully saturated rings. The number of hydrogen-bond acceptors (Lipinski definition) is 3. The molecule has 1 amide bonds. The normalized spacial score (nSPS) is 28.1. The highest BCUT2D eigenvalue weighted by molar-refractivity contribution is 6.32. The van der Waals surface area contributed by atoms with Crippen molar-refractivity contribution >= 4 is 17.5 Å². The number of halogens is 1. The van der Waals surface area contributed by atoms with Crippen LogP contribution in [0.2, 0.25) is 5.22 Å². The van der Waals surface area contributed by atoms with E-state index in [0.717, 1.165) is 25.7 Å². The molecule has 0 aromatic carbocycles. The first kappa shape index (κ1) is 13.4. The summed E-state index contributed by atoms with van der Waals surface area (Å²) in [5.74, 6) is 0.193. The third-order valence-corrected chi connectivity index (χ3v) is 3.80. The molecule has 1 saturated carbocycles. The van der Waals surface area contributed by atoms with E-state index in [-0.39, 0.29) is 17.7 Å². The average molecular weight is 272 g/mol. The average Bonchev–Trinajstić information content (AvgIpc) is 2.72. The number of hydrogen-bond donors (Lipinski definition) is 2. The zero-order chi connectivity index (χ0) is 13.2. The molecule has 1 aliphatic carbocycles. The second-order valence-electron chi connectivity index (χ2n) is 5.22. The van der Waals surface area contributed by atoms with Crippen molar-refractivity contribution in [1.29, 1.82) is 0 Å². The Morgan fingerprint density at radius 2 is 2.50 bits per heavy atom. The molecular weight excluding hydrogens is 254 g/mol. The van der Waals surface area contributed by atoms with Crippen LogP contribution in [0.15, 0.2) is 16.7 Å². The Bertz CT molecular complexity index is 432. The van der Waals surface area contributed by atoms with E-state index in [1.807, 2.05) is 0 Å². The molecule has 2 N–H and O–H groups in total. The minimum absolute atomic E-state index is 0.0801. The quantitative estimate of drug-likeness (QED) is 0.888. The molecular formula is C13H18ClNO3. The summed E-state index contributed by atoms with van der Waals surface area (Å²) in [6, 6.07) is 1.52. The summed E-state index contributed by atoms with van der Waals surface area (Å²) in [7, 11) is 0.